The number of hydrogen-bond acceptors (Lipinski definition) is 2. The molecular formula is C13H15ClN2. The maximum atomic E-state index is 5.70. The summed E-state index contributed by atoms with van der Waals surface area (Å²) in [6.45, 7) is 4.00. The van der Waals surface area contributed by atoms with Gasteiger partial charge in [0.2, 0.25) is 0 Å². The maximum absolute atomic E-state index is 5.70. The van der Waals surface area contributed by atoms with Crippen molar-refractivity contribution in [3.63, 3.8) is 0 Å². The SMILES string of the molecule is CC.ClCc1ccnc(-c2ccccc2)n1. The maximum Gasteiger partial charge on any atom is 0.159 e. The summed E-state index contributed by atoms with van der Waals surface area (Å²) in [5.74, 6) is 1.14. The molecule has 0 fully saturated rings. The van der Waals surface area contributed by atoms with Gasteiger partial charge in [-0.3, -0.25) is 0 Å². The molecule has 0 amide bonds. The standard InChI is InChI=1S/C11H9ClN2.C2H6/c12-8-10-6-7-13-11(14-10)9-4-2-1-3-5-9;1-2/h1-7H,8H2;1-2H3. The summed E-state index contributed by atoms with van der Waals surface area (Å²) in [4.78, 5) is 8.51. The Morgan fingerprint density at radius 3 is 2.38 bits per heavy atom. The van der Waals surface area contributed by atoms with Gasteiger partial charge in [0.25, 0.3) is 0 Å². The van der Waals surface area contributed by atoms with Gasteiger partial charge in [-0.2, -0.15) is 0 Å². The molecule has 0 aliphatic heterocycles. The smallest absolute Gasteiger partial charge is 0.159 e. The lowest BCUT2D eigenvalue weighted by molar-refractivity contribution is 1.09. The Morgan fingerprint density at radius 2 is 1.75 bits per heavy atom. The summed E-state index contributed by atoms with van der Waals surface area (Å²) >= 11 is 5.70. The predicted octanol–water partition coefficient (Wildman–Crippen LogP) is 3.91. The van der Waals surface area contributed by atoms with Crippen LogP contribution in [-0.2, 0) is 5.88 Å². The first-order valence-electron chi connectivity index (χ1n) is 5.33. The molecule has 0 N–H and O–H groups in total. The summed E-state index contributed by atoms with van der Waals surface area (Å²) in [6.07, 6.45) is 1.73. The van der Waals surface area contributed by atoms with Gasteiger partial charge in [-0.1, -0.05) is 44.2 Å². The van der Waals surface area contributed by atoms with E-state index in [0.717, 1.165) is 17.1 Å². The molecule has 0 unspecified atom stereocenters. The molecule has 1 heterocycles. The van der Waals surface area contributed by atoms with Gasteiger partial charge < -0.3 is 0 Å². The van der Waals surface area contributed by atoms with Crippen LogP contribution < -0.4 is 0 Å². The number of nitrogens with zero attached hydrogens (tertiary/aromatic N) is 2. The third kappa shape index (κ3) is 3.31. The van der Waals surface area contributed by atoms with Crippen molar-refractivity contribution in [3.8, 4) is 11.4 Å². The minimum Gasteiger partial charge on any atom is -0.237 e. The lowest BCUT2D eigenvalue weighted by Gasteiger charge is -2.00. The normalized spacial score (nSPS) is 9.19. The summed E-state index contributed by atoms with van der Waals surface area (Å²) in [6, 6.07) is 11.7. The van der Waals surface area contributed by atoms with Crippen LogP contribution in [0.3, 0.4) is 0 Å². The van der Waals surface area contributed by atoms with E-state index in [1.165, 1.54) is 0 Å². The molecule has 0 aliphatic carbocycles. The van der Waals surface area contributed by atoms with Crippen molar-refractivity contribution in [2.75, 3.05) is 0 Å². The Morgan fingerprint density at radius 1 is 1.06 bits per heavy atom. The summed E-state index contributed by atoms with van der Waals surface area (Å²) in [5.41, 5.74) is 1.86. The third-order valence-corrected chi connectivity index (χ3v) is 2.16. The van der Waals surface area contributed by atoms with Crippen molar-refractivity contribution in [1.82, 2.24) is 9.97 Å². The zero-order chi connectivity index (χ0) is 11.8. The highest BCUT2D eigenvalue weighted by Crippen LogP contribution is 2.13. The van der Waals surface area contributed by atoms with Crippen molar-refractivity contribution >= 4 is 11.6 Å². The molecule has 1 aromatic heterocycles. The Hall–Kier alpha value is -1.41. The van der Waals surface area contributed by atoms with Crippen LogP contribution >= 0.6 is 11.6 Å². The van der Waals surface area contributed by atoms with Gasteiger partial charge in [0.15, 0.2) is 5.82 Å². The van der Waals surface area contributed by atoms with E-state index in [0.29, 0.717) is 5.88 Å². The van der Waals surface area contributed by atoms with E-state index < -0.39 is 0 Å². The zero-order valence-electron chi connectivity index (χ0n) is 9.52. The van der Waals surface area contributed by atoms with Gasteiger partial charge in [0, 0.05) is 11.8 Å². The van der Waals surface area contributed by atoms with Crippen molar-refractivity contribution < 1.29 is 0 Å². The Bertz CT molecular complexity index is 415. The van der Waals surface area contributed by atoms with Crippen LogP contribution in [0.15, 0.2) is 42.6 Å². The number of benzene rings is 1. The second kappa shape index (κ2) is 6.96. The highest BCUT2D eigenvalue weighted by molar-refractivity contribution is 6.16. The van der Waals surface area contributed by atoms with Crippen molar-refractivity contribution in [2.45, 2.75) is 19.7 Å². The van der Waals surface area contributed by atoms with Crippen molar-refractivity contribution in [3.05, 3.63) is 48.3 Å². The minimum atomic E-state index is 0.419. The van der Waals surface area contributed by atoms with Gasteiger partial charge in [0.05, 0.1) is 11.6 Å². The fourth-order valence-corrected chi connectivity index (χ4v) is 1.35. The van der Waals surface area contributed by atoms with E-state index in [1.54, 1.807) is 6.20 Å². The van der Waals surface area contributed by atoms with Gasteiger partial charge in [-0.05, 0) is 6.07 Å². The van der Waals surface area contributed by atoms with Crippen LogP contribution in [0, 0.1) is 0 Å². The van der Waals surface area contributed by atoms with E-state index >= 15 is 0 Å². The van der Waals surface area contributed by atoms with Crippen LogP contribution in [0.5, 0.6) is 0 Å². The average molecular weight is 235 g/mol. The predicted molar refractivity (Wildman–Crippen MR) is 68.4 cm³/mol. The number of rotatable bonds is 2. The summed E-state index contributed by atoms with van der Waals surface area (Å²) in [5, 5.41) is 0. The lowest BCUT2D eigenvalue weighted by Crippen LogP contribution is -1.91. The molecule has 2 rings (SSSR count). The molecule has 0 atom stereocenters. The van der Waals surface area contributed by atoms with Gasteiger partial charge in [-0.25, -0.2) is 9.97 Å². The monoisotopic (exact) mass is 234 g/mol. The molecule has 0 bridgehead atoms. The van der Waals surface area contributed by atoms with E-state index in [-0.39, 0.29) is 0 Å². The Balaban J connectivity index is 0.000000606. The molecule has 2 aromatic rings. The first-order chi connectivity index (χ1) is 7.90. The number of hydrogen-bond donors (Lipinski definition) is 0. The Labute approximate surface area is 101 Å². The number of halogens is 1. The van der Waals surface area contributed by atoms with Crippen LogP contribution in [-0.4, -0.2) is 9.97 Å². The van der Waals surface area contributed by atoms with Gasteiger partial charge in [0.1, 0.15) is 0 Å². The summed E-state index contributed by atoms with van der Waals surface area (Å²) in [7, 11) is 0. The minimum absolute atomic E-state index is 0.419. The molecule has 0 saturated heterocycles. The molecule has 2 nitrogen and oxygen atoms in total. The fourth-order valence-electron chi connectivity index (χ4n) is 1.20. The van der Waals surface area contributed by atoms with Crippen LogP contribution in [0.1, 0.15) is 19.5 Å². The lowest BCUT2D eigenvalue weighted by atomic mass is 10.2. The molecule has 16 heavy (non-hydrogen) atoms. The molecule has 3 heteroatoms. The zero-order valence-corrected chi connectivity index (χ0v) is 10.3. The van der Waals surface area contributed by atoms with Crippen LogP contribution in [0.2, 0.25) is 0 Å². The highest BCUT2D eigenvalue weighted by Gasteiger charge is 2.00. The van der Waals surface area contributed by atoms with E-state index in [9.17, 15) is 0 Å². The molecule has 1 aromatic carbocycles. The fraction of sp³-hybridized carbons (Fsp3) is 0.231. The van der Waals surface area contributed by atoms with E-state index in [2.05, 4.69) is 9.97 Å². The highest BCUT2D eigenvalue weighted by atomic mass is 35.5. The Kier molecular flexibility index (Phi) is 5.51. The van der Waals surface area contributed by atoms with Crippen LogP contribution in [0.25, 0.3) is 11.4 Å². The van der Waals surface area contributed by atoms with Crippen LogP contribution in [0.4, 0.5) is 0 Å². The number of aromatic nitrogens is 2. The topological polar surface area (TPSA) is 25.8 Å². The molecule has 0 aliphatic rings. The molecule has 0 spiro atoms. The number of alkyl halides is 1. The first kappa shape index (κ1) is 12.7. The molecule has 0 radical (unpaired) electrons. The van der Waals surface area contributed by atoms with Gasteiger partial charge >= 0.3 is 0 Å². The van der Waals surface area contributed by atoms with Crippen molar-refractivity contribution in [2.24, 2.45) is 0 Å². The van der Waals surface area contributed by atoms with E-state index in [4.69, 9.17) is 11.6 Å². The third-order valence-electron chi connectivity index (χ3n) is 1.88. The second-order valence-corrected chi connectivity index (χ2v) is 3.14. The second-order valence-electron chi connectivity index (χ2n) is 2.87. The molecule has 0 saturated carbocycles. The van der Waals surface area contributed by atoms with Crippen molar-refractivity contribution in [1.29, 1.82) is 0 Å². The first-order valence-corrected chi connectivity index (χ1v) is 5.87. The quantitative estimate of drug-likeness (QED) is 0.737. The molecular weight excluding hydrogens is 220 g/mol. The average Bonchev–Trinajstić information content (AvgIpc) is 2.42. The van der Waals surface area contributed by atoms with E-state index in [1.807, 2.05) is 50.2 Å². The van der Waals surface area contributed by atoms with Gasteiger partial charge in [-0.15, -0.1) is 11.6 Å². The molecule has 84 valence electrons. The summed E-state index contributed by atoms with van der Waals surface area (Å²) < 4.78 is 0. The largest absolute Gasteiger partial charge is 0.237 e.